The van der Waals surface area contributed by atoms with Crippen molar-refractivity contribution in [1.82, 2.24) is 5.32 Å². The third-order valence-corrected chi connectivity index (χ3v) is 5.16. The molecule has 0 saturated carbocycles. The number of Topliss-reactive ketones (excluding diaryl/α,β-unsaturated/α-hetero) is 1. The summed E-state index contributed by atoms with van der Waals surface area (Å²) in [5.74, 6) is -1.12. The van der Waals surface area contributed by atoms with Crippen molar-refractivity contribution in [3.8, 4) is 11.5 Å². The molecule has 8 heteroatoms. The fourth-order valence-electron chi connectivity index (χ4n) is 3.71. The number of halogens is 1. The zero-order valence-electron chi connectivity index (χ0n) is 16.0. The van der Waals surface area contributed by atoms with E-state index in [0.717, 1.165) is 18.5 Å². The molecule has 1 aromatic carbocycles. The smallest absolute Gasteiger partial charge is 0.336 e. The lowest BCUT2D eigenvalue weighted by Gasteiger charge is -2.34. The molecule has 2 aliphatic rings. The van der Waals surface area contributed by atoms with E-state index < -0.39 is 11.9 Å². The highest BCUT2D eigenvalue weighted by molar-refractivity contribution is 6.32. The molecule has 0 amide bonds. The lowest BCUT2D eigenvalue weighted by atomic mass is 9.75. The Morgan fingerprint density at radius 2 is 2.07 bits per heavy atom. The highest BCUT2D eigenvalue weighted by Crippen LogP contribution is 2.46. The van der Waals surface area contributed by atoms with Gasteiger partial charge in [-0.1, -0.05) is 11.6 Å². The maximum absolute atomic E-state index is 12.8. The molecule has 152 valence electrons. The van der Waals surface area contributed by atoms with E-state index >= 15 is 0 Å². The molecule has 0 spiro atoms. The Morgan fingerprint density at radius 3 is 2.71 bits per heavy atom. The number of methoxy groups -OCH3 is 1. The summed E-state index contributed by atoms with van der Waals surface area (Å²) in [5, 5.41) is 13.4. The van der Waals surface area contributed by atoms with Gasteiger partial charge in [0.05, 0.1) is 24.3 Å². The Morgan fingerprint density at radius 1 is 1.36 bits per heavy atom. The van der Waals surface area contributed by atoms with E-state index in [2.05, 4.69) is 5.32 Å². The van der Waals surface area contributed by atoms with Crippen LogP contribution in [0.2, 0.25) is 5.02 Å². The van der Waals surface area contributed by atoms with Crippen LogP contribution in [0.5, 0.6) is 11.5 Å². The van der Waals surface area contributed by atoms with Crippen LogP contribution in [0.1, 0.15) is 44.6 Å². The van der Waals surface area contributed by atoms with E-state index in [1.54, 1.807) is 26.0 Å². The number of dihydropyridines is 1. The van der Waals surface area contributed by atoms with E-state index in [1.807, 2.05) is 0 Å². The summed E-state index contributed by atoms with van der Waals surface area (Å²) in [6, 6.07) is 3.17. The number of ketones is 1. The predicted octanol–water partition coefficient (Wildman–Crippen LogP) is 2.76. The predicted molar refractivity (Wildman–Crippen MR) is 104 cm³/mol. The largest absolute Gasteiger partial charge is 0.503 e. The number of phenols is 1. The highest BCUT2D eigenvalue weighted by Gasteiger charge is 2.39. The van der Waals surface area contributed by atoms with Crippen LogP contribution in [0.15, 0.2) is 34.7 Å². The second-order valence-electron chi connectivity index (χ2n) is 6.54. The summed E-state index contributed by atoms with van der Waals surface area (Å²) < 4.78 is 10.5. The second kappa shape index (κ2) is 8.67. The van der Waals surface area contributed by atoms with Gasteiger partial charge in [-0.05, 0) is 44.4 Å². The van der Waals surface area contributed by atoms with Gasteiger partial charge in [-0.2, -0.15) is 0 Å². The van der Waals surface area contributed by atoms with Crippen LogP contribution in [-0.4, -0.2) is 36.1 Å². The van der Waals surface area contributed by atoms with Gasteiger partial charge < -0.3 is 25.4 Å². The van der Waals surface area contributed by atoms with Crippen molar-refractivity contribution in [3.05, 3.63) is 45.3 Å². The number of carbonyl (C=O) groups is 2. The Kier molecular flexibility index (Phi) is 6.74. The van der Waals surface area contributed by atoms with E-state index in [1.165, 1.54) is 7.11 Å². The summed E-state index contributed by atoms with van der Waals surface area (Å²) in [6.07, 6.45) is 1.92. The maximum atomic E-state index is 12.8. The minimum absolute atomic E-state index is 0. The standard InChI is InChI=1S/C20H22ClNO5.H2O/c1-4-27-20(25)16-10(2)22-13-6-5-7-14(23)18(13)17(16)11-8-12(21)19(24)15(9-11)26-3;/h8-9,17,22,24H,4-7H2,1-3H3;1H2. The summed E-state index contributed by atoms with van der Waals surface area (Å²) in [5.41, 5.74) is 3.00. The Labute approximate surface area is 168 Å². The van der Waals surface area contributed by atoms with Gasteiger partial charge in [-0.25, -0.2) is 4.79 Å². The zero-order valence-corrected chi connectivity index (χ0v) is 16.8. The molecular weight excluding hydrogens is 386 g/mol. The van der Waals surface area contributed by atoms with Crippen LogP contribution in [-0.2, 0) is 14.3 Å². The number of nitrogens with one attached hydrogen (secondary N) is 1. The molecule has 1 unspecified atom stereocenters. The number of ether oxygens (including phenoxy) is 2. The minimum atomic E-state index is -0.625. The number of phenolic OH excluding ortho intramolecular Hbond substituents is 1. The second-order valence-corrected chi connectivity index (χ2v) is 6.95. The molecular formula is C20H24ClNO6. The van der Waals surface area contributed by atoms with Crippen molar-refractivity contribution in [2.24, 2.45) is 0 Å². The van der Waals surface area contributed by atoms with E-state index in [-0.39, 0.29) is 34.4 Å². The Bertz CT molecular complexity index is 874. The van der Waals surface area contributed by atoms with Crippen molar-refractivity contribution in [1.29, 1.82) is 0 Å². The molecule has 0 saturated heterocycles. The Balaban J connectivity index is 0.00000280. The van der Waals surface area contributed by atoms with Gasteiger partial charge in [-0.15, -0.1) is 0 Å². The van der Waals surface area contributed by atoms with Gasteiger partial charge in [-0.3, -0.25) is 4.79 Å². The zero-order chi connectivity index (χ0) is 19.7. The topological polar surface area (TPSA) is 116 Å². The number of allylic oxidation sites excluding steroid dienone is 3. The Hall–Kier alpha value is -2.51. The molecule has 0 fully saturated rings. The van der Waals surface area contributed by atoms with Crippen LogP contribution in [0.25, 0.3) is 0 Å². The van der Waals surface area contributed by atoms with Crippen molar-refractivity contribution < 1.29 is 29.6 Å². The van der Waals surface area contributed by atoms with Gasteiger partial charge in [0.1, 0.15) is 0 Å². The molecule has 1 atom stereocenters. The molecule has 1 aliphatic carbocycles. The molecule has 3 rings (SSSR count). The molecule has 1 aromatic rings. The number of hydrogen-bond donors (Lipinski definition) is 2. The summed E-state index contributed by atoms with van der Waals surface area (Å²) in [7, 11) is 1.42. The molecule has 0 bridgehead atoms. The van der Waals surface area contributed by atoms with Crippen LogP contribution in [0.4, 0.5) is 0 Å². The third kappa shape index (κ3) is 3.72. The first-order chi connectivity index (χ1) is 12.9. The van der Waals surface area contributed by atoms with Crippen molar-refractivity contribution in [3.63, 3.8) is 0 Å². The first-order valence-electron chi connectivity index (χ1n) is 8.86. The number of esters is 1. The summed E-state index contributed by atoms with van der Waals surface area (Å²) >= 11 is 6.17. The quantitative estimate of drug-likeness (QED) is 0.738. The van der Waals surface area contributed by atoms with Crippen molar-refractivity contribution >= 4 is 23.4 Å². The average Bonchev–Trinajstić information content (AvgIpc) is 2.63. The summed E-state index contributed by atoms with van der Waals surface area (Å²) in [4.78, 5) is 25.5. The molecule has 0 aromatic heterocycles. The number of benzene rings is 1. The van der Waals surface area contributed by atoms with Crippen molar-refractivity contribution in [2.45, 2.75) is 39.0 Å². The third-order valence-electron chi connectivity index (χ3n) is 4.88. The first-order valence-corrected chi connectivity index (χ1v) is 9.24. The number of rotatable bonds is 4. The fraction of sp³-hybridized carbons (Fsp3) is 0.400. The SMILES string of the molecule is CCOC(=O)C1=C(C)NC2=C(C(=O)CCC2)C1c1cc(Cl)c(O)c(OC)c1.O. The number of carbonyl (C=O) groups excluding carboxylic acids is 2. The molecule has 28 heavy (non-hydrogen) atoms. The monoisotopic (exact) mass is 409 g/mol. The van der Waals surface area contributed by atoms with Gasteiger partial charge in [0.2, 0.25) is 0 Å². The van der Waals surface area contributed by atoms with Crippen LogP contribution in [0, 0.1) is 0 Å². The normalized spacial score (nSPS) is 18.9. The van der Waals surface area contributed by atoms with Crippen LogP contribution < -0.4 is 10.1 Å². The van der Waals surface area contributed by atoms with Crippen LogP contribution >= 0.6 is 11.6 Å². The van der Waals surface area contributed by atoms with E-state index in [0.29, 0.717) is 28.8 Å². The first kappa shape index (κ1) is 21.8. The highest BCUT2D eigenvalue weighted by atomic mass is 35.5. The number of aromatic hydroxyl groups is 1. The van der Waals surface area contributed by atoms with Gasteiger partial charge >= 0.3 is 5.97 Å². The van der Waals surface area contributed by atoms with Gasteiger partial charge in [0.25, 0.3) is 0 Å². The lowest BCUT2D eigenvalue weighted by molar-refractivity contribution is -0.138. The lowest BCUT2D eigenvalue weighted by Crippen LogP contribution is -2.34. The summed E-state index contributed by atoms with van der Waals surface area (Å²) in [6.45, 7) is 3.75. The maximum Gasteiger partial charge on any atom is 0.336 e. The minimum Gasteiger partial charge on any atom is -0.503 e. The number of hydrogen-bond acceptors (Lipinski definition) is 6. The molecule has 4 N–H and O–H groups in total. The fourth-order valence-corrected chi connectivity index (χ4v) is 3.93. The molecule has 1 aliphatic heterocycles. The van der Waals surface area contributed by atoms with Crippen molar-refractivity contribution in [2.75, 3.05) is 13.7 Å². The average molecular weight is 410 g/mol. The molecule has 0 radical (unpaired) electrons. The molecule has 1 heterocycles. The van der Waals surface area contributed by atoms with Crippen LogP contribution in [0.3, 0.4) is 0 Å². The molecule has 7 nitrogen and oxygen atoms in total. The van der Waals surface area contributed by atoms with E-state index in [4.69, 9.17) is 21.1 Å². The van der Waals surface area contributed by atoms with Gasteiger partial charge in [0.15, 0.2) is 17.3 Å². The van der Waals surface area contributed by atoms with E-state index in [9.17, 15) is 14.7 Å². The van der Waals surface area contributed by atoms with Gasteiger partial charge in [0, 0.05) is 29.3 Å².